The van der Waals surface area contributed by atoms with Crippen LogP contribution in [0.4, 0.5) is 4.79 Å². The van der Waals surface area contributed by atoms with E-state index in [4.69, 9.17) is 4.74 Å². The fraction of sp³-hybridized carbons (Fsp3) is 0.429. The lowest BCUT2D eigenvalue weighted by Crippen LogP contribution is -2.50. The van der Waals surface area contributed by atoms with Crippen LogP contribution >= 0.6 is 15.9 Å². The van der Waals surface area contributed by atoms with Crippen LogP contribution in [0.1, 0.15) is 17.4 Å². The summed E-state index contributed by atoms with van der Waals surface area (Å²) in [6.45, 7) is 3.92. The van der Waals surface area contributed by atoms with Gasteiger partial charge in [0.1, 0.15) is 0 Å². The number of amides is 2. The van der Waals surface area contributed by atoms with E-state index in [0.29, 0.717) is 48.6 Å². The molecule has 0 bridgehead atoms. The summed E-state index contributed by atoms with van der Waals surface area (Å²) in [4.78, 5) is 31.8. The molecule has 1 aliphatic heterocycles. The van der Waals surface area contributed by atoms with E-state index in [-0.39, 0.29) is 12.0 Å². The van der Waals surface area contributed by atoms with Crippen molar-refractivity contribution in [3.8, 4) is 0 Å². The van der Waals surface area contributed by atoms with Crippen LogP contribution in [0.15, 0.2) is 22.9 Å². The molecule has 0 aliphatic carbocycles. The normalized spacial score (nSPS) is 15.0. The molecule has 1 aliphatic rings. The monoisotopic (exact) mass is 381 g/mol. The number of hydrogen-bond acceptors (Lipinski definition) is 5. The predicted molar refractivity (Wildman–Crippen MR) is 85.2 cm³/mol. The minimum Gasteiger partial charge on any atom is -0.450 e. The summed E-state index contributed by atoms with van der Waals surface area (Å²) < 4.78 is 7.11. The number of nitrogens with zero attached hydrogens (tertiary/aromatic N) is 5. The van der Waals surface area contributed by atoms with Crippen molar-refractivity contribution < 1.29 is 14.3 Å². The van der Waals surface area contributed by atoms with E-state index in [1.165, 1.54) is 0 Å². The molecule has 2 aromatic heterocycles. The van der Waals surface area contributed by atoms with E-state index in [1.807, 2.05) is 0 Å². The van der Waals surface area contributed by atoms with Crippen LogP contribution in [0, 0.1) is 0 Å². The van der Waals surface area contributed by atoms with Gasteiger partial charge in [-0.1, -0.05) is 0 Å². The van der Waals surface area contributed by atoms with Crippen LogP contribution in [0.2, 0.25) is 0 Å². The molecular formula is C14H16BrN5O3. The first-order valence-electron chi connectivity index (χ1n) is 7.31. The smallest absolute Gasteiger partial charge is 0.409 e. The quantitative estimate of drug-likeness (QED) is 0.785. The van der Waals surface area contributed by atoms with Crippen LogP contribution < -0.4 is 0 Å². The predicted octanol–water partition coefficient (Wildman–Crippen LogP) is 1.41. The van der Waals surface area contributed by atoms with Gasteiger partial charge in [-0.3, -0.25) is 4.79 Å². The number of carbonyl (C=O) groups excluding carboxylic acids is 2. The summed E-state index contributed by atoms with van der Waals surface area (Å²) in [5.74, 6) is -0.175. The number of hydrogen-bond donors (Lipinski definition) is 0. The molecule has 0 N–H and O–H groups in total. The standard InChI is InChI=1S/C14H16BrN5O3/c1-2-23-14(22)19-8-6-18(7-9-19)13(21)11-10(15)12-16-4-3-5-20(12)17-11/h3-5H,2,6-9H2,1H3. The summed E-state index contributed by atoms with van der Waals surface area (Å²) in [6.07, 6.45) is 3.05. The molecule has 3 heterocycles. The fourth-order valence-corrected chi connectivity index (χ4v) is 2.99. The summed E-state index contributed by atoms with van der Waals surface area (Å²) >= 11 is 3.40. The van der Waals surface area contributed by atoms with Gasteiger partial charge < -0.3 is 14.5 Å². The van der Waals surface area contributed by atoms with Gasteiger partial charge in [-0.2, -0.15) is 5.10 Å². The molecule has 1 saturated heterocycles. The van der Waals surface area contributed by atoms with Gasteiger partial charge in [-0.25, -0.2) is 14.3 Å². The average molecular weight is 382 g/mol. The Labute approximate surface area is 141 Å². The van der Waals surface area contributed by atoms with Gasteiger partial charge >= 0.3 is 6.09 Å². The lowest BCUT2D eigenvalue weighted by Gasteiger charge is -2.33. The van der Waals surface area contributed by atoms with Crippen molar-refractivity contribution in [3.05, 3.63) is 28.6 Å². The Bertz CT molecular complexity index is 739. The van der Waals surface area contributed by atoms with Gasteiger partial charge in [0.15, 0.2) is 11.3 Å². The Morgan fingerprint density at radius 3 is 2.61 bits per heavy atom. The van der Waals surface area contributed by atoms with Crippen molar-refractivity contribution in [2.45, 2.75) is 6.92 Å². The summed E-state index contributed by atoms with van der Waals surface area (Å²) in [5.41, 5.74) is 0.925. The largest absolute Gasteiger partial charge is 0.450 e. The Hall–Kier alpha value is -2.16. The van der Waals surface area contributed by atoms with E-state index in [1.54, 1.807) is 39.7 Å². The average Bonchev–Trinajstić information content (AvgIpc) is 2.92. The highest BCUT2D eigenvalue weighted by Crippen LogP contribution is 2.22. The minimum atomic E-state index is -0.335. The zero-order valence-electron chi connectivity index (χ0n) is 12.6. The molecule has 0 aromatic carbocycles. The van der Waals surface area contributed by atoms with Crippen molar-refractivity contribution in [2.75, 3.05) is 32.8 Å². The van der Waals surface area contributed by atoms with Gasteiger partial charge in [0.05, 0.1) is 11.1 Å². The molecule has 1 fully saturated rings. The molecule has 8 nitrogen and oxygen atoms in total. The van der Waals surface area contributed by atoms with Gasteiger partial charge in [0, 0.05) is 38.6 Å². The van der Waals surface area contributed by atoms with Crippen LogP contribution in [-0.4, -0.2) is 69.2 Å². The Morgan fingerprint density at radius 2 is 1.96 bits per heavy atom. The Balaban J connectivity index is 1.72. The second kappa shape index (κ2) is 6.53. The number of aromatic nitrogens is 3. The molecule has 122 valence electrons. The van der Waals surface area contributed by atoms with Crippen LogP contribution in [0.5, 0.6) is 0 Å². The molecule has 2 aromatic rings. The lowest BCUT2D eigenvalue weighted by atomic mass is 10.3. The van der Waals surface area contributed by atoms with E-state index >= 15 is 0 Å². The molecule has 0 saturated carbocycles. The first-order chi connectivity index (χ1) is 11.1. The maximum Gasteiger partial charge on any atom is 0.409 e. The molecule has 9 heteroatoms. The van der Waals surface area contributed by atoms with E-state index < -0.39 is 0 Å². The van der Waals surface area contributed by atoms with Gasteiger partial charge in [0.2, 0.25) is 0 Å². The number of carbonyl (C=O) groups is 2. The number of rotatable bonds is 2. The Morgan fingerprint density at radius 1 is 1.26 bits per heavy atom. The van der Waals surface area contributed by atoms with E-state index in [9.17, 15) is 9.59 Å². The number of ether oxygens (including phenoxy) is 1. The van der Waals surface area contributed by atoms with Crippen molar-refractivity contribution in [1.29, 1.82) is 0 Å². The van der Waals surface area contributed by atoms with Gasteiger partial charge in [-0.05, 0) is 28.9 Å². The maximum atomic E-state index is 12.7. The van der Waals surface area contributed by atoms with E-state index in [0.717, 1.165) is 0 Å². The molecule has 2 amide bonds. The third kappa shape index (κ3) is 3.00. The zero-order valence-corrected chi connectivity index (χ0v) is 14.2. The van der Waals surface area contributed by atoms with E-state index in [2.05, 4.69) is 26.0 Å². The molecule has 0 atom stereocenters. The second-order valence-electron chi connectivity index (χ2n) is 5.03. The molecule has 0 unspecified atom stereocenters. The summed E-state index contributed by atoms with van der Waals surface area (Å²) in [5, 5.41) is 4.28. The zero-order chi connectivity index (χ0) is 16.4. The third-order valence-electron chi connectivity index (χ3n) is 3.63. The lowest BCUT2D eigenvalue weighted by molar-refractivity contribution is 0.0565. The van der Waals surface area contributed by atoms with Crippen molar-refractivity contribution in [3.63, 3.8) is 0 Å². The number of fused-ring (bicyclic) bond motifs is 1. The highest BCUT2D eigenvalue weighted by Gasteiger charge is 2.28. The second-order valence-corrected chi connectivity index (χ2v) is 5.82. The fourth-order valence-electron chi connectivity index (χ4n) is 2.45. The number of halogens is 1. The topological polar surface area (TPSA) is 80.0 Å². The van der Waals surface area contributed by atoms with Crippen LogP contribution in [0.3, 0.4) is 0 Å². The summed E-state index contributed by atoms with van der Waals surface area (Å²) in [6, 6.07) is 1.75. The molecule has 23 heavy (non-hydrogen) atoms. The molecule has 3 rings (SSSR count). The maximum absolute atomic E-state index is 12.7. The highest BCUT2D eigenvalue weighted by molar-refractivity contribution is 9.10. The first kappa shape index (κ1) is 15.7. The first-order valence-corrected chi connectivity index (χ1v) is 8.11. The number of piperazine rings is 1. The van der Waals surface area contributed by atoms with Crippen LogP contribution in [0.25, 0.3) is 5.65 Å². The van der Waals surface area contributed by atoms with Gasteiger partial charge in [0.25, 0.3) is 5.91 Å². The molecular weight excluding hydrogens is 366 g/mol. The molecule has 0 radical (unpaired) electrons. The van der Waals surface area contributed by atoms with Crippen molar-refractivity contribution in [1.82, 2.24) is 24.4 Å². The SMILES string of the molecule is CCOC(=O)N1CCN(C(=O)c2nn3cccnc3c2Br)CC1. The molecule has 0 spiro atoms. The third-order valence-corrected chi connectivity index (χ3v) is 4.36. The van der Waals surface area contributed by atoms with Gasteiger partial charge in [-0.15, -0.1) is 0 Å². The van der Waals surface area contributed by atoms with Crippen LogP contribution in [-0.2, 0) is 4.74 Å². The summed E-state index contributed by atoms with van der Waals surface area (Å²) in [7, 11) is 0. The van der Waals surface area contributed by atoms with Crippen molar-refractivity contribution in [2.24, 2.45) is 0 Å². The minimum absolute atomic E-state index is 0.175. The Kier molecular flexibility index (Phi) is 4.46. The highest BCUT2D eigenvalue weighted by atomic mass is 79.9. The van der Waals surface area contributed by atoms with Crippen molar-refractivity contribution >= 4 is 33.6 Å².